The van der Waals surface area contributed by atoms with Gasteiger partial charge < -0.3 is 13.9 Å². The van der Waals surface area contributed by atoms with Crippen molar-refractivity contribution in [2.45, 2.75) is 43.2 Å². The predicted molar refractivity (Wildman–Crippen MR) is 52.9 cm³/mol. The number of alkyl halides is 3. The van der Waals surface area contributed by atoms with E-state index in [-0.39, 0.29) is 36.2 Å². The predicted octanol–water partition coefficient (Wildman–Crippen LogP) is 0.902. The van der Waals surface area contributed by atoms with Gasteiger partial charge >= 0.3 is 6.18 Å². The molecule has 3 nitrogen and oxygen atoms in total. The maximum atomic E-state index is 12.9. The Kier molecular flexibility index (Phi) is 3.06. The molecule has 0 unspecified atom stereocenters. The summed E-state index contributed by atoms with van der Waals surface area (Å²) in [5, 5.41) is 0. The van der Waals surface area contributed by atoms with Gasteiger partial charge in [0.25, 0.3) is 0 Å². The molecule has 1 saturated carbocycles. The SMILES string of the molecule is FC(F)(F)C1(O[SiH3])CCC2(CC1)OCCO2. The number of halogens is 3. The van der Waals surface area contributed by atoms with E-state index in [1.54, 1.807) is 0 Å². The van der Waals surface area contributed by atoms with Crippen LogP contribution in [0.25, 0.3) is 0 Å². The van der Waals surface area contributed by atoms with Crippen LogP contribution in [0.15, 0.2) is 0 Å². The highest BCUT2D eigenvalue weighted by Crippen LogP contribution is 2.48. The van der Waals surface area contributed by atoms with Gasteiger partial charge in [0.15, 0.2) is 11.4 Å². The summed E-state index contributed by atoms with van der Waals surface area (Å²) in [5.41, 5.74) is -1.96. The zero-order valence-electron chi connectivity index (χ0n) is 9.10. The second-order valence-electron chi connectivity index (χ2n) is 4.30. The lowest BCUT2D eigenvalue weighted by Crippen LogP contribution is -2.53. The van der Waals surface area contributed by atoms with Gasteiger partial charge in [-0.15, -0.1) is 0 Å². The van der Waals surface area contributed by atoms with Crippen LogP contribution in [0.2, 0.25) is 0 Å². The summed E-state index contributed by atoms with van der Waals surface area (Å²) in [6, 6.07) is 0. The van der Waals surface area contributed by atoms with E-state index in [4.69, 9.17) is 13.9 Å². The first-order valence-electron chi connectivity index (χ1n) is 5.33. The molecule has 16 heavy (non-hydrogen) atoms. The van der Waals surface area contributed by atoms with E-state index in [0.717, 1.165) is 0 Å². The molecule has 94 valence electrons. The number of hydrogen-bond acceptors (Lipinski definition) is 3. The lowest BCUT2D eigenvalue weighted by atomic mass is 9.81. The third kappa shape index (κ3) is 1.89. The molecule has 1 aliphatic carbocycles. The number of hydrogen-bond donors (Lipinski definition) is 0. The normalized spacial score (nSPS) is 28.7. The molecule has 2 fully saturated rings. The Bertz CT molecular complexity index is 253. The highest BCUT2D eigenvalue weighted by molar-refractivity contribution is 5.98. The van der Waals surface area contributed by atoms with Crippen LogP contribution in [-0.4, -0.2) is 41.3 Å². The summed E-state index contributed by atoms with van der Waals surface area (Å²) in [7, 11) is 0.0860. The van der Waals surface area contributed by atoms with Crippen LogP contribution in [0.3, 0.4) is 0 Å². The molecule has 1 heterocycles. The average molecular weight is 256 g/mol. The summed E-state index contributed by atoms with van der Waals surface area (Å²) in [6.07, 6.45) is -3.92. The molecule has 0 aromatic heterocycles. The third-order valence-electron chi connectivity index (χ3n) is 3.54. The Morgan fingerprint density at radius 3 is 1.88 bits per heavy atom. The molecule has 0 bridgehead atoms. The van der Waals surface area contributed by atoms with Crippen molar-refractivity contribution in [3.8, 4) is 0 Å². The number of rotatable bonds is 1. The fraction of sp³-hybridized carbons (Fsp3) is 1.00. The minimum Gasteiger partial charge on any atom is -0.414 e. The van der Waals surface area contributed by atoms with Crippen LogP contribution in [0.4, 0.5) is 13.2 Å². The Balaban J connectivity index is 2.07. The van der Waals surface area contributed by atoms with Crippen LogP contribution >= 0.6 is 0 Å². The van der Waals surface area contributed by atoms with Crippen LogP contribution in [-0.2, 0) is 13.9 Å². The smallest absolute Gasteiger partial charge is 0.414 e. The quantitative estimate of drug-likeness (QED) is 0.652. The molecule has 0 aromatic carbocycles. The van der Waals surface area contributed by atoms with Crippen LogP contribution in [0, 0.1) is 0 Å². The summed E-state index contributed by atoms with van der Waals surface area (Å²) in [6.45, 7) is 0.946. The maximum absolute atomic E-state index is 12.9. The van der Waals surface area contributed by atoms with Crippen LogP contribution < -0.4 is 0 Å². The van der Waals surface area contributed by atoms with Crippen molar-refractivity contribution in [2.75, 3.05) is 13.2 Å². The second-order valence-corrected chi connectivity index (χ2v) is 4.71. The first kappa shape index (κ1) is 12.3. The van der Waals surface area contributed by atoms with E-state index in [2.05, 4.69) is 0 Å². The van der Waals surface area contributed by atoms with E-state index < -0.39 is 17.6 Å². The first-order valence-corrected chi connectivity index (χ1v) is 6.15. The van der Waals surface area contributed by atoms with E-state index in [9.17, 15) is 13.2 Å². The maximum Gasteiger partial charge on any atom is 0.416 e. The first-order chi connectivity index (χ1) is 7.43. The van der Waals surface area contributed by atoms with Gasteiger partial charge in [0.05, 0.1) is 13.2 Å². The lowest BCUT2D eigenvalue weighted by molar-refractivity contribution is -0.285. The van der Waals surface area contributed by atoms with Crippen LogP contribution in [0.1, 0.15) is 25.7 Å². The average Bonchev–Trinajstić information content (AvgIpc) is 2.67. The van der Waals surface area contributed by atoms with Crippen molar-refractivity contribution in [2.24, 2.45) is 0 Å². The van der Waals surface area contributed by atoms with Crippen molar-refractivity contribution < 1.29 is 27.1 Å². The van der Waals surface area contributed by atoms with Gasteiger partial charge in [0.1, 0.15) is 10.5 Å². The molecular formula is C9H15F3O3Si. The van der Waals surface area contributed by atoms with Gasteiger partial charge in [-0.05, 0) is 12.8 Å². The van der Waals surface area contributed by atoms with Gasteiger partial charge in [-0.1, -0.05) is 0 Å². The molecule has 0 N–H and O–H groups in total. The third-order valence-corrected chi connectivity index (χ3v) is 4.32. The molecular weight excluding hydrogens is 241 g/mol. The fourth-order valence-corrected chi connectivity index (χ4v) is 3.06. The highest BCUT2D eigenvalue weighted by Gasteiger charge is 2.59. The van der Waals surface area contributed by atoms with E-state index in [1.807, 2.05) is 0 Å². The summed E-state index contributed by atoms with van der Waals surface area (Å²) < 4.78 is 54.3. The van der Waals surface area contributed by atoms with Crippen molar-refractivity contribution >= 4 is 10.5 Å². The van der Waals surface area contributed by atoms with Crippen molar-refractivity contribution in [1.82, 2.24) is 0 Å². The second kappa shape index (κ2) is 3.97. The Labute approximate surface area is 94.8 Å². The number of ether oxygens (including phenoxy) is 2. The fourth-order valence-electron chi connectivity index (χ4n) is 2.42. The van der Waals surface area contributed by atoms with Crippen molar-refractivity contribution in [3.63, 3.8) is 0 Å². The molecule has 0 atom stereocenters. The summed E-state index contributed by atoms with van der Waals surface area (Å²) >= 11 is 0. The molecule has 1 saturated heterocycles. The standard InChI is InChI=1S/C9H15F3O3Si/c10-9(11,12)7(15-16)1-3-8(4-2-7)13-5-6-14-8/h1-6H2,16H3. The molecule has 0 radical (unpaired) electrons. The van der Waals surface area contributed by atoms with E-state index in [0.29, 0.717) is 13.2 Å². The molecule has 1 aliphatic heterocycles. The Morgan fingerprint density at radius 1 is 1.00 bits per heavy atom. The van der Waals surface area contributed by atoms with Gasteiger partial charge in [-0.3, -0.25) is 0 Å². The molecule has 2 aliphatic rings. The molecule has 1 spiro atoms. The zero-order chi connectivity index (χ0) is 11.9. The van der Waals surface area contributed by atoms with Crippen molar-refractivity contribution in [3.05, 3.63) is 0 Å². The Hall–Kier alpha value is -0.113. The zero-order valence-corrected chi connectivity index (χ0v) is 11.1. The molecule has 0 aromatic rings. The van der Waals surface area contributed by atoms with Gasteiger partial charge in [0.2, 0.25) is 0 Å². The van der Waals surface area contributed by atoms with Crippen LogP contribution in [0.5, 0.6) is 0 Å². The lowest BCUT2D eigenvalue weighted by Gasteiger charge is -2.43. The van der Waals surface area contributed by atoms with Gasteiger partial charge in [-0.25, -0.2) is 0 Å². The monoisotopic (exact) mass is 256 g/mol. The highest BCUT2D eigenvalue weighted by atomic mass is 28.2. The minimum absolute atomic E-state index is 0.0694. The molecule has 0 amide bonds. The summed E-state index contributed by atoms with van der Waals surface area (Å²) in [5.74, 6) is -0.769. The van der Waals surface area contributed by atoms with Gasteiger partial charge in [0, 0.05) is 12.8 Å². The molecule has 2 rings (SSSR count). The largest absolute Gasteiger partial charge is 0.416 e. The van der Waals surface area contributed by atoms with E-state index in [1.165, 1.54) is 0 Å². The Morgan fingerprint density at radius 2 is 1.50 bits per heavy atom. The molecule has 7 heteroatoms. The minimum atomic E-state index is -4.30. The van der Waals surface area contributed by atoms with Crippen molar-refractivity contribution in [1.29, 1.82) is 0 Å². The topological polar surface area (TPSA) is 27.7 Å². The van der Waals surface area contributed by atoms with Gasteiger partial charge in [-0.2, -0.15) is 13.2 Å². The summed E-state index contributed by atoms with van der Waals surface area (Å²) in [4.78, 5) is 0. The van der Waals surface area contributed by atoms with E-state index >= 15 is 0 Å².